The average molecular weight is 466 g/mol. The maximum Gasteiger partial charge on any atom is 0.127 e. The molecule has 0 spiro atoms. The molecule has 0 saturated carbocycles. The Morgan fingerprint density at radius 3 is 1.65 bits per heavy atom. The summed E-state index contributed by atoms with van der Waals surface area (Å²) >= 11 is 1.77. The summed E-state index contributed by atoms with van der Waals surface area (Å²) in [5, 5.41) is 1.22. The molecule has 0 saturated heterocycles. The van der Waals surface area contributed by atoms with Crippen molar-refractivity contribution < 1.29 is 18.9 Å². The summed E-state index contributed by atoms with van der Waals surface area (Å²) in [4.78, 5) is 0. The summed E-state index contributed by atoms with van der Waals surface area (Å²) in [5.74, 6) is 4.07. The molecule has 0 radical (unpaired) electrons. The largest absolute Gasteiger partial charge is 0.497 e. The smallest absolute Gasteiger partial charge is 0.127 e. The number of ether oxygens (including phenoxy) is 4. The summed E-state index contributed by atoms with van der Waals surface area (Å²) in [5.41, 5.74) is 2.19. The number of nitrogens with zero attached hydrogens (tertiary/aromatic N) is 1. The molecule has 0 fully saturated rings. The van der Waals surface area contributed by atoms with Crippen molar-refractivity contribution in [3.8, 4) is 23.0 Å². The van der Waals surface area contributed by atoms with E-state index < -0.39 is 0 Å². The molecule has 0 aromatic heterocycles. The highest BCUT2D eigenvalue weighted by Crippen LogP contribution is 2.31. The number of allylic oxidation sites excluding steroid dienone is 1. The van der Waals surface area contributed by atoms with Gasteiger partial charge in [-0.15, -0.1) is 9.24 Å². The molecule has 0 aliphatic carbocycles. The predicted octanol–water partition coefficient (Wildman–Crippen LogP) is 6.18. The number of methoxy groups -OCH3 is 4. The van der Waals surface area contributed by atoms with Gasteiger partial charge in [0.15, 0.2) is 0 Å². The topological polar surface area (TPSA) is 40.2 Å². The molecule has 0 amide bonds. The first-order valence-electron chi connectivity index (χ1n) is 10.2. The second-order valence-electron chi connectivity index (χ2n) is 6.40. The van der Waals surface area contributed by atoms with E-state index >= 15 is 0 Å². The van der Waals surface area contributed by atoms with Gasteiger partial charge in [-0.3, -0.25) is 0 Å². The van der Waals surface area contributed by atoms with Crippen molar-refractivity contribution in [2.24, 2.45) is 0 Å². The van der Waals surface area contributed by atoms with E-state index in [1.54, 1.807) is 40.4 Å². The maximum absolute atomic E-state index is 5.58. The fraction of sp³-hybridized carbons (Fsp3) is 0.417. The lowest BCUT2D eigenvalue weighted by Gasteiger charge is -2.23. The van der Waals surface area contributed by atoms with Gasteiger partial charge >= 0.3 is 0 Å². The first-order chi connectivity index (χ1) is 15.0. The van der Waals surface area contributed by atoms with E-state index in [1.807, 2.05) is 50.2 Å². The van der Waals surface area contributed by atoms with Gasteiger partial charge < -0.3 is 18.9 Å². The van der Waals surface area contributed by atoms with Gasteiger partial charge in [-0.2, -0.15) is 0 Å². The highest BCUT2D eigenvalue weighted by molar-refractivity contribution is 7.97. The molecule has 0 N–H and O–H groups in total. The molecule has 2 aromatic carbocycles. The molecule has 2 aromatic rings. The van der Waals surface area contributed by atoms with Gasteiger partial charge in [-0.25, -0.2) is 4.31 Å². The maximum atomic E-state index is 5.58. The van der Waals surface area contributed by atoms with E-state index in [0.29, 0.717) is 0 Å². The quantitative estimate of drug-likeness (QED) is 0.292. The van der Waals surface area contributed by atoms with E-state index in [4.69, 9.17) is 18.9 Å². The number of hydrogen-bond donors (Lipinski definition) is 0. The summed E-state index contributed by atoms with van der Waals surface area (Å²) in [6.07, 6.45) is 2.19. The van der Waals surface area contributed by atoms with Crippen LogP contribution in [0.5, 0.6) is 23.0 Å². The highest BCUT2D eigenvalue weighted by Gasteiger charge is 2.15. The van der Waals surface area contributed by atoms with Crippen LogP contribution in [-0.2, 0) is 13.1 Å². The third-order valence-corrected chi connectivity index (χ3v) is 5.52. The van der Waals surface area contributed by atoms with Crippen LogP contribution in [0.1, 0.15) is 31.9 Å². The van der Waals surface area contributed by atoms with E-state index in [1.165, 1.54) is 5.31 Å². The predicted molar refractivity (Wildman–Crippen MR) is 136 cm³/mol. The van der Waals surface area contributed by atoms with E-state index in [-0.39, 0.29) is 0 Å². The Kier molecular flexibility index (Phi) is 13.1. The lowest BCUT2D eigenvalue weighted by atomic mass is 10.1. The fourth-order valence-electron chi connectivity index (χ4n) is 2.77. The third kappa shape index (κ3) is 9.02. The molecule has 2 rings (SSSR count). The number of hydrogen-bond acceptors (Lipinski definition) is 6. The van der Waals surface area contributed by atoms with Crippen LogP contribution in [0.3, 0.4) is 0 Å². The first-order valence-corrected chi connectivity index (χ1v) is 11.7. The molecule has 172 valence electrons. The van der Waals surface area contributed by atoms with Crippen molar-refractivity contribution in [2.75, 3.05) is 34.2 Å². The van der Waals surface area contributed by atoms with Crippen molar-refractivity contribution >= 4 is 21.2 Å². The Morgan fingerprint density at radius 1 is 0.839 bits per heavy atom. The minimum atomic E-state index is 0.719. The molecular weight excluding hydrogens is 429 g/mol. The number of benzene rings is 2. The van der Waals surface area contributed by atoms with Crippen LogP contribution in [0.4, 0.5) is 0 Å². The first kappa shape index (κ1) is 27.2. The molecule has 5 nitrogen and oxygen atoms in total. The minimum absolute atomic E-state index is 0.719. The second kappa shape index (κ2) is 15.0. The van der Waals surface area contributed by atoms with Crippen molar-refractivity contribution in [1.29, 1.82) is 0 Å². The van der Waals surface area contributed by atoms with Crippen LogP contribution >= 0.6 is 21.2 Å². The molecule has 7 heteroatoms. The molecule has 0 bridgehead atoms. The van der Waals surface area contributed by atoms with E-state index in [2.05, 4.69) is 26.5 Å². The van der Waals surface area contributed by atoms with Crippen LogP contribution in [0.2, 0.25) is 0 Å². The summed E-state index contributed by atoms with van der Waals surface area (Å²) in [7, 11) is 9.41. The number of rotatable bonds is 11. The van der Waals surface area contributed by atoms with Crippen LogP contribution < -0.4 is 18.9 Å². The third-order valence-electron chi connectivity index (χ3n) is 4.34. The Morgan fingerprint density at radius 2 is 1.29 bits per heavy atom. The Labute approximate surface area is 194 Å². The highest BCUT2D eigenvalue weighted by atomic mass is 32.2. The minimum Gasteiger partial charge on any atom is -0.497 e. The van der Waals surface area contributed by atoms with E-state index in [0.717, 1.165) is 53.0 Å². The molecule has 1 atom stereocenters. The van der Waals surface area contributed by atoms with Crippen LogP contribution in [0.25, 0.3) is 0 Å². The molecular formula is C24H36NO4PS. The van der Waals surface area contributed by atoms with Crippen LogP contribution in [0.15, 0.2) is 47.8 Å². The fourth-order valence-corrected chi connectivity index (χ4v) is 4.06. The zero-order chi connectivity index (χ0) is 23.2. The van der Waals surface area contributed by atoms with Crippen LogP contribution in [-0.4, -0.2) is 38.5 Å². The van der Waals surface area contributed by atoms with Crippen molar-refractivity contribution in [1.82, 2.24) is 4.31 Å². The van der Waals surface area contributed by atoms with Gasteiger partial charge in [-0.05, 0) is 19.1 Å². The molecule has 0 heterocycles. The SMILES string of the molecule is CC.COc1ccc(CN(Cc2ccc(OC)cc2OC)SC/C=C(\C)P)c(OC)c1. The Bertz CT molecular complexity index is 768. The Hall–Kier alpha value is -1.88. The van der Waals surface area contributed by atoms with Gasteiger partial charge in [0, 0.05) is 42.1 Å². The lowest BCUT2D eigenvalue weighted by molar-refractivity contribution is 0.372. The second-order valence-corrected chi connectivity index (χ2v) is 8.42. The van der Waals surface area contributed by atoms with Crippen LogP contribution in [0, 0.1) is 0 Å². The van der Waals surface area contributed by atoms with Gasteiger partial charge in [0.2, 0.25) is 0 Å². The average Bonchev–Trinajstić information content (AvgIpc) is 2.80. The molecule has 1 unspecified atom stereocenters. The van der Waals surface area contributed by atoms with Gasteiger partial charge in [0.1, 0.15) is 23.0 Å². The summed E-state index contributed by atoms with van der Waals surface area (Å²) in [6, 6.07) is 11.8. The monoisotopic (exact) mass is 465 g/mol. The van der Waals surface area contributed by atoms with Gasteiger partial charge in [0.25, 0.3) is 0 Å². The van der Waals surface area contributed by atoms with Crippen molar-refractivity contribution in [3.05, 3.63) is 58.9 Å². The van der Waals surface area contributed by atoms with Crippen molar-refractivity contribution in [3.63, 3.8) is 0 Å². The molecule has 31 heavy (non-hydrogen) atoms. The molecule has 0 aliphatic rings. The Balaban J connectivity index is 0.00000233. The lowest BCUT2D eigenvalue weighted by Crippen LogP contribution is -2.16. The zero-order valence-corrected chi connectivity index (χ0v) is 21.7. The zero-order valence-electron chi connectivity index (χ0n) is 19.7. The normalized spacial score (nSPS) is 10.9. The standard InChI is InChI=1S/C22H30NO4PS.C2H6/c1-16(28)10-11-29-23(14-17-6-8-19(24-2)12-21(17)26-4)15-18-7-9-20(25-3)13-22(18)27-5;1-2/h6-10,12-13H,11,14-15,28H2,1-5H3;1-2H3/b16-10+;. The van der Waals surface area contributed by atoms with Gasteiger partial charge in [-0.1, -0.05) is 49.3 Å². The van der Waals surface area contributed by atoms with Gasteiger partial charge in [0.05, 0.1) is 28.4 Å². The molecule has 0 aliphatic heterocycles. The van der Waals surface area contributed by atoms with Crippen molar-refractivity contribution in [2.45, 2.75) is 33.9 Å². The summed E-state index contributed by atoms with van der Waals surface area (Å²) in [6.45, 7) is 7.52. The summed E-state index contributed by atoms with van der Waals surface area (Å²) < 4.78 is 24.1. The van der Waals surface area contributed by atoms with E-state index in [9.17, 15) is 0 Å².